The first-order valence-corrected chi connectivity index (χ1v) is 9.07. The summed E-state index contributed by atoms with van der Waals surface area (Å²) in [7, 11) is 0. The third-order valence-corrected chi connectivity index (χ3v) is 6.16. The fourth-order valence-electron chi connectivity index (χ4n) is 2.92. The van der Waals surface area contributed by atoms with E-state index in [1.54, 1.807) is 0 Å². The lowest BCUT2D eigenvalue weighted by Gasteiger charge is -2.41. The molecule has 0 saturated heterocycles. The topological polar surface area (TPSA) is 17.8 Å². The minimum absolute atomic E-state index is 0.355. The molecule has 108 valence electrons. The second-order valence-electron chi connectivity index (χ2n) is 5.40. The molecule has 2 aromatic rings. The number of hydrogen-bond acceptors (Lipinski definition) is 2. The lowest BCUT2D eigenvalue weighted by Crippen LogP contribution is -2.38. The number of aromatic nitrogens is 2. The van der Waals surface area contributed by atoms with Crippen molar-refractivity contribution in [3.05, 3.63) is 29.0 Å². The number of fused-ring (bicyclic) bond motifs is 1. The van der Waals surface area contributed by atoms with Crippen LogP contribution in [0.25, 0.3) is 11.0 Å². The summed E-state index contributed by atoms with van der Waals surface area (Å²) in [5, 5.41) is 0.784. The Morgan fingerprint density at radius 1 is 1.40 bits per heavy atom. The monoisotopic (exact) mass is 328 g/mol. The van der Waals surface area contributed by atoms with E-state index in [0.29, 0.717) is 10.6 Å². The number of aryl methyl sites for hydroxylation is 1. The third kappa shape index (κ3) is 2.44. The van der Waals surface area contributed by atoms with Gasteiger partial charge in [0.15, 0.2) is 0 Å². The lowest BCUT2D eigenvalue weighted by molar-refractivity contribution is 0.322. The van der Waals surface area contributed by atoms with E-state index in [1.165, 1.54) is 19.3 Å². The summed E-state index contributed by atoms with van der Waals surface area (Å²) >= 11 is 14.3. The average Bonchev–Trinajstić information content (AvgIpc) is 2.73. The number of rotatable bonds is 5. The van der Waals surface area contributed by atoms with Crippen LogP contribution in [0.4, 0.5) is 0 Å². The Morgan fingerprint density at radius 3 is 2.80 bits per heavy atom. The first kappa shape index (κ1) is 14.6. The number of halogens is 2. The Balaban J connectivity index is 2.08. The normalized spacial score (nSPS) is 17.4. The van der Waals surface area contributed by atoms with Crippen LogP contribution in [0, 0.1) is 0 Å². The zero-order valence-electron chi connectivity index (χ0n) is 11.5. The molecule has 0 spiro atoms. The molecule has 0 aliphatic heterocycles. The summed E-state index contributed by atoms with van der Waals surface area (Å²) in [6.07, 6.45) is 6.88. The van der Waals surface area contributed by atoms with Crippen LogP contribution >= 0.6 is 35.0 Å². The van der Waals surface area contributed by atoms with Gasteiger partial charge in [0, 0.05) is 23.6 Å². The Kier molecular flexibility index (Phi) is 4.21. The summed E-state index contributed by atoms with van der Waals surface area (Å²) in [4.78, 5) is 4.72. The van der Waals surface area contributed by atoms with Gasteiger partial charge in [-0.05, 0) is 31.2 Å². The zero-order chi connectivity index (χ0) is 14.2. The highest BCUT2D eigenvalue weighted by Gasteiger charge is 2.37. The van der Waals surface area contributed by atoms with Gasteiger partial charge < -0.3 is 4.57 Å². The number of benzene rings is 1. The van der Waals surface area contributed by atoms with Gasteiger partial charge in [-0.2, -0.15) is 11.8 Å². The molecular formula is C15H18Cl2N2S. The van der Waals surface area contributed by atoms with E-state index in [0.717, 1.165) is 34.8 Å². The molecule has 1 heterocycles. The number of alkyl halides is 1. The van der Waals surface area contributed by atoms with Crippen molar-refractivity contribution in [3.8, 4) is 0 Å². The van der Waals surface area contributed by atoms with E-state index in [-0.39, 0.29) is 0 Å². The summed E-state index contributed by atoms with van der Waals surface area (Å²) in [5.41, 5.74) is 2.04. The molecule has 1 aromatic carbocycles. The summed E-state index contributed by atoms with van der Waals surface area (Å²) in [6, 6.07) is 5.93. The minimum atomic E-state index is 0.355. The fourth-order valence-corrected chi connectivity index (χ4v) is 4.32. The Bertz CT molecular complexity index is 614. The predicted molar refractivity (Wildman–Crippen MR) is 89.3 cm³/mol. The first-order chi connectivity index (χ1) is 9.69. The largest absolute Gasteiger partial charge is 0.325 e. The van der Waals surface area contributed by atoms with Crippen molar-refractivity contribution in [2.75, 3.05) is 12.1 Å². The Labute approximate surface area is 133 Å². The number of hydrogen-bond donors (Lipinski definition) is 0. The number of imidazole rings is 1. The molecule has 1 aliphatic rings. The van der Waals surface area contributed by atoms with Crippen LogP contribution in [-0.2, 0) is 13.0 Å². The Hall–Kier alpha value is -0.380. The lowest BCUT2D eigenvalue weighted by atomic mass is 9.84. The van der Waals surface area contributed by atoms with Crippen LogP contribution < -0.4 is 0 Å². The van der Waals surface area contributed by atoms with Crippen LogP contribution in [0.5, 0.6) is 0 Å². The van der Waals surface area contributed by atoms with Crippen LogP contribution in [-0.4, -0.2) is 26.4 Å². The van der Waals surface area contributed by atoms with Crippen molar-refractivity contribution in [2.45, 2.75) is 37.0 Å². The van der Waals surface area contributed by atoms with Gasteiger partial charge in [0.2, 0.25) is 0 Å². The van der Waals surface area contributed by atoms with Gasteiger partial charge in [-0.3, -0.25) is 0 Å². The van der Waals surface area contributed by atoms with Crippen molar-refractivity contribution in [1.29, 1.82) is 0 Å². The van der Waals surface area contributed by atoms with Gasteiger partial charge in [-0.25, -0.2) is 4.98 Å². The van der Waals surface area contributed by atoms with Crippen molar-refractivity contribution in [2.24, 2.45) is 0 Å². The predicted octanol–water partition coefficient (Wildman–Crippen LogP) is 4.76. The highest BCUT2D eigenvalue weighted by molar-refractivity contribution is 8.00. The van der Waals surface area contributed by atoms with Gasteiger partial charge in [-0.1, -0.05) is 24.1 Å². The second kappa shape index (κ2) is 5.78. The molecule has 0 unspecified atom stereocenters. The van der Waals surface area contributed by atoms with Crippen LogP contribution in [0.2, 0.25) is 5.02 Å². The van der Waals surface area contributed by atoms with E-state index < -0.39 is 0 Å². The number of nitrogens with zero attached hydrogens (tertiary/aromatic N) is 2. The second-order valence-corrected chi connectivity index (χ2v) is 7.46. The summed E-state index contributed by atoms with van der Waals surface area (Å²) in [6.45, 7) is 0.987. The maximum atomic E-state index is 6.41. The van der Waals surface area contributed by atoms with Crippen molar-refractivity contribution >= 4 is 46.0 Å². The van der Waals surface area contributed by atoms with Crippen LogP contribution in [0.1, 0.15) is 25.1 Å². The van der Waals surface area contributed by atoms with Crippen molar-refractivity contribution in [1.82, 2.24) is 9.55 Å². The average molecular weight is 329 g/mol. The minimum Gasteiger partial charge on any atom is -0.325 e. The molecule has 2 nitrogen and oxygen atoms in total. The molecule has 1 aromatic heterocycles. The SMILES string of the molecule is CSC1(Cn2c(CCCl)nc3cccc(Cl)c32)CCC1. The molecule has 0 amide bonds. The van der Waals surface area contributed by atoms with Crippen LogP contribution in [0.15, 0.2) is 18.2 Å². The molecule has 1 fully saturated rings. The van der Waals surface area contributed by atoms with Gasteiger partial charge in [-0.15, -0.1) is 11.6 Å². The maximum absolute atomic E-state index is 6.41. The van der Waals surface area contributed by atoms with E-state index in [2.05, 4.69) is 10.8 Å². The molecule has 5 heteroatoms. The van der Waals surface area contributed by atoms with Gasteiger partial charge >= 0.3 is 0 Å². The first-order valence-electron chi connectivity index (χ1n) is 6.94. The van der Waals surface area contributed by atoms with Crippen LogP contribution in [0.3, 0.4) is 0 Å². The molecule has 20 heavy (non-hydrogen) atoms. The number of para-hydroxylation sites is 1. The highest BCUT2D eigenvalue weighted by Crippen LogP contribution is 2.45. The highest BCUT2D eigenvalue weighted by atomic mass is 35.5. The molecule has 1 aliphatic carbocycles. The Morgan fingerprint density at radius 2 is 2.20 bits per heavy atom. The molecule has 0 N–H and O–H groups in total. The molecular weight excluding hydrogens is 311 g/mol. The molecule has 3 rings (SSSR count). The molecule has 0 radical (unpaired) electrons. The molecule has 0 atom stereocenters. The van der Waals surface area contributed by atoms with E-state index >= 15 is 0 Å². The standard InChI is InChI=1S/C15H18Cl2N2S/c1-20-15(7-3-8-15)10-19-13(6-9-16)18-12-5-2-4-11(17)14(12)19/h2,4-5H,3,6-10H2,1H3. The maximum Gasteiger partial charge on any atom is 0.111 e. The van der Waals surface area contributed by atoms with E-state index in [4.69, 9.17) is 28.2 Å². The van der Waals surface area contributed by atoms with E-state index in [9.17, 15) is 0 Å². The van der Waals surface area contributed by atoms with Gasteiger partial charge in [0.05, 0.1) is 16.1 Å². The van der Waals surface area contributed by atoms with Gasteiger partial charge in [0.1, 0.15) is 5.82 Å². The van der Waals surface area contributed by atoms with Gasteiger partial charge in [0.25, 0.3) is 0 Å². The molecule has 1 saturated carbocycles. The quantitative estimate of drug-likeness (QED) is 0.736. The number of thioether (sulfide) groups is 1. The van der Waals surface area contributed by atoms with Crippen molar-refractivity contribution < 1.29 is 0 Å². The molecule has 0 bridgehead atoms. The summed E-state index contributed by atoms with van der Waals surface area (Å²) in [5.74, 6) is 1.65. The smallest absolute Gasteiger partial charge is 0.111 e. The summed E-state index contributed by atoms with van der Waals surface area (Å²) < 4.78 is 2.66. The third-order valence-electron chi connectivity index (χ3n) is 4.26. The van der Waals surface area contributed by atoms with E-state index in [1.807, 2.05) is 30.0 Å². The van der Waals surface area contributed by atoms with Crippen molar-refractivity contribution in [3.63, 3.8) is 0 Å². The fraction of sp³-hybridized carbons (Fsp3) is 0.533. The zero-order valence-corrected chi connectivity index (χ0v) is 13.9.